The number of anilines is 1. The van der Waals surface area contributed by atoms with Crippen molar-refractivity contribution in [2.45, 2.75) is 44.9 Å². The molecule has 0 unspecified atom stereocenters. The van der Waals surface area contributed by atoms with E-state index in [4.69, 9.17) is 16.0 Å². The maximum absolute atomic E-state index is 14.0. The molecule has 0 aliphatic heterocycles. The number of sulfonamides is 1. The monoisotopic (exact) mass is 523 g/mol. The van der Waals surface area contributed by atoms with Crippen LogP contribution in [0.3, 0.4) is 0 Å². The summed E-state index contributed by atoms with van der Waals surface area (Å²) < 4.78 is 34.3. The lowest BCUT2D eigenvalue weighted by atomic mass is 9.87. The summed E-state index contributed by atoms with van der Waals surface area (Å²) in [4.78, 5) is 26.0. The number of hydrogen-bond donors (Lipinski definition) is 0. The Hall–Kier alpha value is -3.42. The molecular formula is C28H26ClNO5S. The maximum Gasteiger partial charge on any atom is 0.273 e. The number of hydrogen-bond acceptors (Lipinski definition) is 5. The largest absolute Gasteiger partial charge is 0.461 e. The Morgan fingerprint density at radius 3 is 2.17 bits per heavy atom. The van der Waals surface area contributed by atoms with Crippen LogP contribution in [0.25, 0.3) is 11.0 Å². The van der Waals surface area contributed by atoms with Crippen molar-refractivity contribution in [1.29, 1.82) is 0 Å². The van der Waals surface area contributed by atoms with Gasteiger partial charge in [0.05, 0.1) is 26.7 Å². The van der Waals surface area contributed by atoms with Gasteiger partial charge in [-0.15, -0.1) is 0 Å². The number of rotatable bonds is 5. The maximum atomic E-state index is 14.0. The molecule has 0 atom stereocenters. The Morgan fingerprint density at radius 2 is 1.58 bits per heavy atom. The first-order chi connectivity index (χ1) is 16.8. The highest BCUT2D eigenvalue weighted by atomic mass is 35.5. The van der Waals surface area contributed by atoms with Gasteiger partial charge in [0.1, 0.15) is 11.3 Å². The molecule has 6 nitrogen and oxygen atoms in total. The van der Waals surface area contributed by atoms with Gasteiger partial charge in [0.2, 0.25) is 0 Å². The Labute approximate surface area is 215 Å². The van der Waals surface area contributed by atoms with E-state index >= 15 is 0 Å². The van der Waals surface area contributed by atoms with E-state index in [0.717, 1.165) is 9.87 Å². The molecule has 0 aliphatic carbocycles. The highest BCUT2D eigenvalue weighted by molar-refractivity contribution is 7.93. The molecule has 8 heteroatoms. The molecule has 0 N–H and O–H groups in total. The molecule has 0 fully saturated rings. The number of benzene rings is 3. The molecule has 186 valence electrons. The van der Waals surface area contributed by atoms with E-state index in [2.05, 4.69) is 0 Å². The van der Waals surface area contributed by atoms with E-state index in [9.17, 15) is 18.0 Å². The van der Waals surface area contributed by atoms with Crippen molar-refractivity contribution < 1.29 is 22.4 Å². The number of fused-ring (bicyclic) bond motifs is 1. The Bertz CT molecular complexity index is 1600. The molecule has 0 saturated heterocycles. The van der Waals surface area contributed by atoms with Crippen LogP contribution >= 0.6 is 11.6 Å². The first kappa shape index (κ1) is 25.7. The molecule has 0 aliphatic rings. The smallest absolute Gasteiger partial charge is 0.273 e. The number of nitrogens with zero attached hydrogens (tertiary/aromatic N) is 1. The fourth-order valence-corrected chi connectivity index (χ4v) is 5.73. The van der Waals surface area contributed by atoms with Crippen LogP contribution in [0.5, 0.6) is 0 Å². The lowest BCUT2D eigenvalue weighted by Gasteiger charge is -2.24. The summed E-state index contributed by atoms with van der Waals surface area (Å²) in [5.41, 5.74) is 1.62. The molecule has 1 amide bonds. The zero-order valence-corrected chi connectivity index (χ0v) is 22.2. The summed E-state index contributed by atoms with van der Waals surface area (Å²) in [6, 6.07) is 17.2. The summed E-state index contributed by atoms with van der Waals surface area (Å²) in [5.74, 6) is -0.628. The summed E-state index contributed by atoms with van der Waals surface area (Å²) >= 11 is 6.28. The molecule has 0 spiro atoms. The zero-order chi connectivity index (χ0) is 26.4. The van der Waals surface area contributed by atoms with Gasteiger partial charge in [-0.3, -0.25) is 9.59 Å². The van der Waals surface area contributed by atoms with Crippen molar-refractivity contribution >= 4 is 50.0 Å². The number of aryl methyl sites for hydroxylation is 1. The summed E-state index contributed by atoms with van der Waals surface area (Å²) in [6.07, 6.45) is 0. The number of furan rings is 1. The summed E-state index contributed by atoms with van der Waals surface area (Å²) in [6.45, 7) is 9.15. The predicted octanol–water partition coefficient (Wildman–Crippen LogP) is 6.93. The Balaban J connectivity index is 1.94. The van der Waals surface area contributed by atoms with Crippen LogP contribution < -0.4 is 4.31 Å². The van der Waals surface area contributed by atoms with Gasteiger partial charge in [0.25, 0.3) is 15.9 Å². The van der Waals surface area contributed by atoms with E-state index in [1.165, 1.54) is 43.3 Å². The third-order valence-electron chi connectivity index (χ3n) is 5.98. The van der Waals surface area contributed by atoms with Crippen molar-refractivity contribution in [2.24, 2.45) is 0 Å². The van der Waals surface area contributed by atoms with E-state index < -0.39 is 15.9 Å². The minimum atomic E-state index is -4.37. The normalized spacial score (nSPS) is 12.1. The fraction of sp³-hybridized carbons (Fsp3) is 0.214. The lowest BCUT2D eigenvalue weighted by Crippen LogP contribution is -2.37. The van der Waals surface area contributed by atoms with Gasteiger partial charge in [0, 0.05) is 5.39 Å². The molecule has 36 heavy (non-hydrogen) atoms. The quantitative estimate of drug-likeness (QED) is 0.265. The van der Waals surface area contributed by atoms with Crippen LogP contribution in [0.1, 0.15) is 59.7 Å². The van der Waals surface area contributed by atoms with Crippen LogP contribution in [0, 0.1) is 6.92 Å². The van der Waals surface area contributed by atoms with E-state index in [1.807, 2.05) is 20.8 Å². The first-order valence-electron chi connectivity index (χ1n) is 11.3. The number of carbonyl (C=O) groups excluding carboxylic acids is 2. The molecule has 1 heterocycles. The van der Waals surface area contributed by atoms with Crippen LogP contribution in [0.4, 0.5) is 5.69 Å². The van der Waals surface area contributed by atoms with Gasteiger partial charge in [0.15, 0.2) is 5.78 Å². The van der Waals surface area contributed by atoms with Gasteiger partial charge in [-0.25, -0.2) is 8.42 Å². The molecule has 0 radical (unpaired) electrons. The molecule has 4 rings (SSSR count). The van der Waals surface area contributed by atoms with Gasteiger partial charge in [-0.05, 0) is 67.3 Å². The SMILES string of the molecule is CC(=O)c1c(C)oc2ccc(N(C(=O)c3ccccc3Cl)S(=O)(=O)c3ccc(C(C)(C)C)cc3)cc12. The Morgan fingerprint density at radius 1 is 0.944 bits per heavy atom. The van der Waals surface area contributed by atoms with Crippen molar-refractivity contribution in [3.05, 3.63) is 94.2 Å². The molecule has 0 bridgehead atoms. The van der Waals surface area contributed by atoms with Crippen molar-refractivity contribution in [2.75, 3.05) is 4.31 Å². The van der Waals surface area contributed by atoms with Crippen molar-refractivity contribution in [3.63, 3.8) is 0 Å². The fourth-order valence-electron chi connectivity index (χ4n) is 4.11. The molecule has 4 aromatic rings. The second-order valence-corrected chi connectivity index (χ2v) is 11.8. The van der Waals surface area contributed by atoms with Gasteiger partial charge >= 0.3 is 0 Å². The van der Waals surface area contributed by atoms with E-state index in [-0.39, 0.29) is 32.4 Å². The summed E-state index contributed by atoms with van der Waals surface area (Å²) in [7, 11) is -4.37. The average molecular weight is 524 g/mol. The summed E-state index contributed by atoms with van der Waals surface area (Å²) in [5, 5.41) is 0.545. The molecule has 1 aromatic heterocycles. The van der Waals surface area contributed by atoms with Crippen molar-refractivity contribution in [3.8, 4) is 0 Å². The minimum Gasteiger partial charge on any atom is -0.461 e. The van der Waals surface area contributed by atoms with Gasteiger partial charge in [-0.1, -0.05) is 56.6 Å². The van der Waals surface area contributed by atoms with Gasteiger partial charge in [-0.2, -0.15) is 4.31 Å². The molecular weight excluding hydrogens is 498 g/mol. The zero-order valence-electron chi connectivity index (χ0n) is 20.6. The third-order valence-corrected chi connectivity index (χ3v) is 8.04. The third kappa shape index (κ3) is 4.56. The first-order valence-corrected chi connectivity index (χ1v) is 13.1. The van der Waals surface area contributed by atoms with E-state index in [0.29, 0.717) is 22.3 Å². The van der Waals surface area contributed by atoms with Crippen LogP contribution in [0.15, 0.2) is 76.0 Å². The van der Waals surface area contributed by atoms with Crippen LogP contribution in [0.2, 0.25) is 5.02 Å². The number of ketones is 1. The number of Topliss-reactive ketones (excluding diaryl/α,β-unsaturated/α-hetero) is 1. The molecule has 3 aromatic carbocycles. The van der Waals surface area contributed by atoms with Crippen molar-refractivity contribution in [1.82, 2.24) is 0 Å². The second kappa shape index (κ2) is 9.22. The van der Waals surface area contributed by atoms with Crippen LogP contribution in [-0.4, -0.2) is 20.1 Å². The van der Waals surface area contributed by atoms with E-state index in [1.54, 1.807) is 37.3 Å². The number of carbonyl (C=O) groups is 2. The predicted molar refractivity (Wildman–Crippen MR) is 142 cm³/mol. The lowest BCUT2D eigenvalue weighted by molar-refractivity contribution is 0.100. The topological polar surface area (TPSA) is 84.7 Å². The number of halogens is 1. The second-order valence-electron chi connectivity index (χ2n) is 9.60. The van der Waals surface area contributed by atoms with Crippen LogP contribution in [-0.2, 0) is 15.4 Å². The highest BCUT2D eigenvalue weighted by Crippen LogP contribution is 2.34. The highest BCUT2D eigenvalue weighted by Gasteiger charge is 2.34. The van der Waals surface area contributed by atoms with Gasteiger partial charge < -0.3 is 4.42 Å². The number of amides is 1. The molecule has 0 saturated carbocycles. The Kier molecular flexibility index (Phi) is 6.58. The standard InChI is InChI=1S/C28H26ClNO5S/c1-17(31)26-18(2)35-25-15-12-20(16-23(25)26)30(27(32)22-8-6-7-9-24(22)29)36(33,34)21-13-10-19(11-14-21)28(3,4)5/h6-16H,1-5H3. The minimum absolute atomic E-state index is 0.0318. The average Bonchev–Trinajstić information content (AvgIpc) is 3.14.